The van der Waals surface area contributed by atoms with Crippen LogP contribution in [-0.4, -0.2) is 11.9 Å². The van der Waals surface area contributed by atoms with Crippen LogP contribution in [0.4, 0.5) is 11.4 Å². The minimum atomic E-state index is -0.522. The molecular weight excluding hydrogens is 693 g/mol. The summed E-state index contributed by atoms with van der Waals surface area (Å²) in [4.78, 5) is 2.20. The molecule has 0 bridgehead atoms. The summed E-state index contributed by atoms with van der Waals surface area (Å²) >= 11 is 0. The van der Waals surface area contributed by atoms with Gasteiger partial charge in [0.2, 0.25) is 0 Å². The third-order valence-electron chi connectivity index (χ3n) is 11.7. The zero-order chi connectivity index (χ0) is 38.8. The molecule has 57 heavy (non-hydrogen) atoms. The number of fused-ring (bicyclic) bond motifs is 3. The minimum Gasteiger partial charge on any atom is -0.355 e. The highest BCUT2D eigenvalue weighted by Crippen LogP contribution is 2.56. The Morgan fingerprint density at radius 2 is 0.982 bits per heavy atom. The lowest BCUT2D eigenvalue weighted by Crippen LogP contribution is -2.39. The second-order valence-corrected chi connectivity index (χ2v) is 15.0. The first-order valence-corrected chi connectivity index (χ1v) is 19.7. The molecule has 0 saturated heterocycles. The van der Waals surface area contributed by atoms with E-state index < -0.39 is 5.41 Å². The smallest absolute Gasteiger partial charge is 0.0838 e. The molecule has 0 radical (unpaired) electrons. The first kappa shape index (κ1) is 36.1. The van der Waals surface area contributed by atoms with E-state index in [1.165, 1.54) is 33.4 Å². The maximum Gasteiger partial charge on any atom is 0.0838 e. The van der Waals surface area contributed by atoms with Crippen molar-refractivity contribution < 1.29 is 0 Å². The monoisotopic (exact) mass is 738 g/mol. The molecule has 0 aliphatic heterocycles. The maximum absolute atomic E-state index is 7.21. The molecule has 0 saturated carbocycles. The molecule has 0 spiro atoms. The molecule has 1 aliphatic rings. The zero-order valence-corrected chi connectivity index (χ0v) is 32.0. The highest BCUT2D eigenvalue weighted by atomic mass is 15.2. The van der Waals surface area contributed by atoms with Gasteiger partial charge in [-0.3, -0.25) is 4.90 Å². The lowest BCUT2D eigenvalue weighted by molar-refractivity contribution is 0.153. The van der Waals surface area contributed by atoms with Crippen molar-refractivity contribution in [2.45, 2.75) is 23.7 Å². The van der Waals surface area contributed by atoms with Crippen molar-refractivity contribution in [3.8, 4) is 22.3 Å². The van der Waals surface area contributed by atoms with Crippen LogP contribution in [0.5, 0.6) is 0 Å². The molecule has 0 amide bonds. The molecule has 9 rings (SSSR count). The van der Waals surface area contributed by atoms with E-state index in [9.17, 15) is 0 Å². The van der Waals surface area contributed by atoms with Crippen LogP contribution in [0.1, 0.15) is 57.2 Å². The van der Waals surface area contributed by atoms with Gasteiger partial charge in [-0.25, -0.2) is 0 Å². The fraction of sp³-hybridized carbons (Fsp3) is 0.0943. The number of benzene rings is 8. The highest BCUT2D eigenvalue weighted by Gasteiger charge is 2.46. The number of anilines is 2. The predicted molar refractivity (Wildman–Crippen MR) is 236 cm³/mol. The van der Waals surface area contributed by atoms with Gasteiger partial charge in [0.25, 0.3) is 0 Å². The van der Waals surface area contributed by atoms with E-state index >= 15 is 0 Å². The van der Waals surface area contributed by atoms with E-state index in [1.54, 1.807) is 0 Å². The lowest BCUT2D eigenvalue weighted by atomic mass is 9.67. The summed E-state index contributed by atoms with van der Waals surface area (Å²) in [6, 6.07) is 75.0. The van der Waals surface area contributed by atoms with E-state index in [2.05, 4.69) is 193 Å². The molecule has 8 aromatic rings. The first-order chi connectivity index (χ1) is 28.0. The summed E-state index contributed by atoms with van der Waals surface area (Å²) in [6.45, 7) is 0. The van der Waals surface area contributed by atoms with Gasteiger partial charge in [-0.15, -0.1) is 0 Å². The molecule has 2 unspecified atom stereocenters. The van der Waals surface area contributed by atoms with Crippen LogP contribution in [0.2, 0.25) is 0 Å². The number of nitrogens with zero attached hydrogens (tertiary/aromatic N) is 1. The normalized spacial score (nSPS) is 14.3. The van der Waals surface area contributed by atoms with E-state index in [-0.39, 0.29) is 18.2 Å². The van der Waals surface area contributed by atoms with Crippen LogP contribution in [-0.2, 0) is 5.41 Å². The van der Waals surface area contributed by atoms with E-state index in [4.69, 9.17) is 11.5 Å². The van der Waals surface area contributed by atoms with Crippen molar-refractivity contribution in [2.24, 2.45) is 11.5 Å². The minimum absolute atomic E-state index is 0.225. The molecule has 3 atom stereocenters. The Morgan fingerprint density at radius 3 is 1.61 bits per heavy atom. The maximum atomic E-state index is 7.21. The predicted octanol–water partition coefficient (Wildman–Crippen LogP) is 11.8. The van der Waals surface area contributed by atoms with Crippen LogP contribution in [0.15, 0.2) is 212 Å². The van der Waals surface area contributed by atoms with Crippen LogP contribution in [0, 0.1) is 0 Å². The Labute approximate surface area is 336 Å². The number of rotatable bonds is 11. The Bertz CT molecular complexity index is 2560. The Morgan fingerprint density at radius 1 is 0.456 bits per heavy atom. The number of nitrogens with two attached hydrogens (primary N) is 2. The van der Waals surface area contributed by atoms with Crippen molar-refractivity contribution in [1.29, 1.82) is 0 Å². The molecule has 8 aromatic carbocycles. The van der Waals surface area contributed by atoms with Crippen molar-refractivity contribution in [1.82, 2.24) is 4.90 Å². The second kappa shape index (κ2) is 15.5. The van der Waals surface area contributed by atoms with Gasteiger partial charge in [0, 0.05) is 23.0 Å². The largest absolute Gasteiger partial charge is 0.355 e. The number of nitrogens with one attached hydrogen (secondary N) is 1. The second-order valence-electron chi connectivity index (χ2n) is 15.0. The number of likely N-dealkylation sites (N-methyl/N-ethyl adjacent to an activating group) is 1. The van der Waals surface area contributed by atoms with E-state index in [0.717, 1.165) is 39.2 Å². The van der Waals surface area contributed by atoms with Gasteiger partial charge in [-0.05, 0) is 80.9 Å². The van der Waals surface area contributed by atoms with Gasteiger partial charge in [-0.1, -0.05) is 194 Å². The summed E-state index contributed by atoms with van der Waals surface area (Å²) in [7, 11) is 2.07. The fourth-order valence-corrected chi connectivity index (χ4v) is 9.03. The van der Waals surface area contributed by atoms with Gasteiger partial charge >= 0.3 is 0 Å². The van der Waals surface area contributed by atoms with Crippen LogP contribution in [0.3, 0.4) is 0 Å². The van der Waals surface area contributed by atoms with Crippen LogP contribution in [0.25, 0.3) is 22.3 Å². The number of hydrogen-bond acceptors (Lipinski definition) is 4. The summed E-state index contributed by atoms with van der Waals surface area (Å²) in [5.74, 6) is 0. The third kappa shape index (κ3) is 6.54. The highest BCUT2D eigenvalue weighted by molar-refractivity contribution is 5.88. The van der Waals surface area contributed by atoms with Crippen LogP contribution >= 0.6 is 0 Å². The molecule has 5 N–H and O–H groups in total. The topological polar surface area (TPSA) is 67.3 Å². The van der Waals surface area contributed by atoms with Gasteiger partial charge in [0.1, 0.15) is 0 Å². The molecule has 0 aromatic heterocycles. The summed E-state index contributed by atoms with van der Waals surface area (Å²) in [6.07, 6.45) is -0.365. The van der Waals surface area contributed by atoms with Crippen molar-refractivity contribution in [2.75, 3.05) is 12.4 Å². The van der Waals surface area contributed by atoms with Crippen molar-refractivity contribution >= 4 is 11.4 Å². The molecule has 4 heteroatoms. The summed E-state index contributed by atoms with van der Waals surface area (Å²) < 4.78 is 0. The summed E-state index contributed by atoms with van der Waals surface area (Å²) in [5, 5.41) is 3.93. The molecule has 0 fully saturated rings. The van der Waals surface area contributed by atoms with Gasteiger partial charge in [0.15, 0.2) is 0 Å². The molecular formula is C53H46N4. The standard InChI is InChI=1S/C53H46N4/c1-57(52(55)39-23-10-4-11-24-39)51(50(54)38-21-8-3-9-22-38)40-25-18-28-43(35-40)56-49-36-42(33-34-44(49)37-19-6-2-7-20-37)53(41-26-12-5-13-27-41)47-31-16-14-29-45(47)46-30-15-17-32-48(46)53/h2-36,50-52,56H,54-55H2,1H3/t50-,51?,52?/m0/s1. The molecule has 278 valence electrons. The Kier molecular flexibility index (Phi) is 9.83. The van der Waals surface area contributed by atoms with E-state index in [1.807, 2.05) is 36.4 Å². The SMILES string of the molecule is CN(C(N)c1ccccc1)C(c1cccc(Nc2cc(C3(c4ccccc4)c4ccccc4-c4ccccc43)ccc2-c2ccccc2)c1)[C@@H](N)c1ccccc1. The van der Waals surface area contributed by atoms with Crippen molar-refractivity contribution in [3.63, 3.8) is 0 Å². The average molecular weight is 739 g/mol. The number of hydrogen-bond donors (Lipinski definition) is 3. The average Bonchev–Trinajstić information content (AvgIpc) is 3.58. The third-order valence-corrected chi connectivity index (χ3v) is 11.7. The van der Waals surface area contributed by atoms with Gasteiger partial charge in [0.05, 0.1) is 17.6 Å². The van der Waals surface area contributed by atoms with Crippen LogP contribution < -0.4 is 16.8 Å². The van der Waals surface area contributed by atoms with Gasteiger partial charge < -0.3 is 16.8 Å². The first-order valence-electron chi connectivity index (χ1n) is 19.7. The fourth-order valence-electron chi connectivity index (χ4n) is 9.03. The Balaban J connectivity index is 1.19. The van der Waals surface area contributed by atoms with E-state index in [0.29, 0.717) is 0 Å². The van der Waals surface area contributed by atoms with Crippen molar-refractivity contribution in [3.05, 3.63) is 251 Å². The molecule has 4 nitrogen and oxygen atoms in total. The quantitative estimate of drug-likeness (QED) is 0.116. The van der Waals surface area contributed by atoms with Gasteiger partial charge in [-0.2, -0.15) is 0 Å². The lowest BCUT2D eigenvalue weighted by Gasteiger charge is -2.37. The summed E-state index contributed by atoms with van der Waals surface area (Å²) in [5.41, 5.74) is 28.6. The Hall–Kier alpha value is -6.56. The molecule has 1 aliphatic carbocycles. The zero-order valence-electron chi connectivity index (χ0n) is 32.0. The molecule has 0 heterocycles.